The number of hydrogen-bond acceptors (Lipinski definition) is 3. The van der Waals surface area contributed by atoms with Crippen molar-refractivity contribution < 1.29 is 0 Å². The zero-order valence-electron chi connectivity index (χ0n) is 10.0. The largest absolute Gasteiger partial charge is 0.306 e. The number of aromatic nitrogens is 1. The predicted molar refractivity (Wildman–Crippen MR) is 70.7 cm³/mol. The average molecular weight is 236 g/mol. The minimum Gasteiger partial charge on any atom is -0.306 e. The molecule has 1 fully saturated rings. The number of hydrogen-bond donors (Lipinski definition) is 1. The maximum atomic E-state index is 4.17. The van der Waals surface area contributed by atoms with E-state index in [1.807, 2.05) is 18.5 Å². The van der Waals surface area contributed by atoms with Crippen molar-refractivity contribution in [1.29, 1.82) is 0 Å². The Balaban J connectivity index is 1.94. The highest BCUT2D eigenvalue weighted by Crippen LogP contribution is 2.26. The van der Waals surface area contributed by atoms with E-state index in [1.54, 1.807) is 0 Å². The van der Waals surface area contributed by atoms with Crippen molar-refractivity contribution >= 4 is 11.8 Å². The summed E-state index contributed by atoms with van der Waals surface area (Å²) in [5.74, 6) is 1.32. The van der Waals surface area contributed by atoms with Gasteiger partial charge in [0.15, 0.2) is 0 Å². The molecule has 88 valence electrons. The molecular weight excluding hydrogens is 216 g/mol. The van der Waals surface area contributed by atoms with Gasteiger partial charge in [0.1, 0.15) is 0 Å². The van der Waals surface area contributed by atoms with E-state index in [1.165, 1.54) is 24.2 Å². The monoisotopic (exact) mass is 236 g/mol. The summed E-state index contributed by atoms with van der Waals surface area (Å²) in [6.45, 7) is 4.56. The van der Waals surface area contributed by atoms with Gasteiger partial charge >= 0.3 is 0 Å². The molecule has 3 heteroatoms. The lowest BCUT2D eigenvalue weighted by Crippen LogP contribution is -2.40. The molecule has 0 saturated carbocycles. The summed E-state index contributed by atoms with van der Waals surface area (Å²) in [6.07, 6.45) is 6.43. The van der Waals surface area contributed by atoms with Crippen LogP contribution in [-0.2, 0) is 0 Å². The van der Waals surface area contributed by atoms with Crippen LogP contribution in [0, 0.1) is 0 Å². The first-order chi connectivity index (χ1) is 7.77. The number of thioether (sulfide) groups is 1. The minimum atomic E-state index is 0.403. The maximum absolute atomic E-state index is 4.17. The second kappa shape index (κ2) is 5.69. The molecule has 1 aliphatic heterocycles. The van der Waals surface area contributed by atoms with E-state index in [9.17, 15) is 0 Å². The normalized spacial score (nSPS) is 27.6. The van der Waals surface area contributed by atoms with Crippen molar-refractivity contribution in [2.45, 2.75) is 44.0 Å². The van der Waals surface area contributed by atoms with Crippen LogP contribution in [0.1, 0.15) is 38.3 Å². The van der Waals surface area contributed by atoms with Gasteiger partial charge in [-0.15, -0.1) is 0 Å². The van der Waals surface area contributed by atoms with Gasteiger partial charge < -0.3 is 5.32 Å². The van der Waals surface area contributed by atoms with Gasteiger partial charge in [-0.1, -0.05) is 13.0 Å². The molecule has 1 aliphatic rings. The maximum Gasteiger partial charge on any atom is 0.0315 e. The van der Waals surface area contributed by atoms with Crippen LogP contribution in [-0.4, -0.2) is 22.0 Å². The van der Waals surface area contributed by atoms with E-state index in [2.05, 4.69) is 42.0 Å². The lowest BCUT2D eigenvalue weighted by Gasteiger charge is -2.31. The molecule has 0 bridgehead atoms. The average Bonchev–Trinajstić information content (AvgIpc) is 2.33. The first-order valence-corrected chi connectivity index (χ1v) is 7.10. The smallest absolute Gasteiger partial charge is 0.0315 e. The molecule has 1 aromatic rings. The molecule has 2 heterocycles. The highest BCUT2D eigenvalue weighted by atomic mass is 32.2. The summed E-state index contributed by atoms with van der Waals surface area (Å²) in [5, 5.41) is 4.45. The Labute approximate surface area is 102 Å². The topological polar surface area (TPSA) is 24.9 Å². The molecule has 2 rings (SSSR count). The van der Waals surface area contributed by atoms with Gasteiger partial charge in [-0.2, -0.15) is 11.8 Å². The van der Waals surface area contributed by atoms with Crippen molar-refractivity contribution in [2.75, 3.05) is 5.75 Å². The predicted octanol–water partition coefficient (Wildman–Crippen LogP) is 3.02. The van der Waals surface area contributed by atoms with Crippen molar-refractivity contribution in [3.05, 3.63) is 30.1 Å². The fourth-order valence-corrected chi connectivity index (χ4v) is 3.34. The van der Waals surface area contributed by atoms with Crippen LogP contribution in [0.2, 0.25) is 0 Å². The molecule has 0 radical (unpaired) electrons. The van der Waals surface area contributed by atoms with Crippen LogP contribution in [0.3, 0.4) is 0 Å². The molecule has 16 heavy (non-hydrogen) atoms. The molecule has 3 atom stereocenters. The Morgan fingerprint density at radius 3 is 3.12 bits per heavy atom. The SMILES string of the molecule is CC1SCCCC1N[C@@H](C)c1cccnc1. The van der Waals surface area contributed by atoms with E-state index >= 15 is 0 Å². The lowest BCUT2D eigenvalue weighted by atomic mass is 10.0. The first kappa shape index (κ1) is 11.9. The van der Waals surface area contributed by atoms with Crippen LogP contribution in [0.15, 0.2) is 24.5 Å². The van der Waals surface area contributed by atoms with Gasteiger partial charge in [0.25, 0.3) is 0 Å². The van der Waals surface area contributed by atoms with Gasteiger partial charge in [0.05, 0.1) is 0 Å². The summed E-state index contributed by atoms with van der Waals surface area (Å²) < 4.78 is 0. The third kappa shape index (κ3) is 2.98. The van der Waals surface area contributed by atoms with Gasteiger partial charge in [-0.3, -0.25) is 4.98 Å². The van der Waals surface area contributed by atoms with E-state index in [0.29, 0.717) is 12.1 Å². The van der Waals surface area contributed by atoms with Crippen LogP contribution in [0.5, 0.6) is 0 Å². The first-order valence-electron chi connectivity index (χ1n) is 6.05. The van der Waals surface area contributed by atoms with Crippen molar-refractivity contribution in [2.24, 2.45) is 0 Å². The molecule has 1 aromatic heterocycles. The molecule has 2 nitrogen and oxygen atoms in total. The zero-order chi connectivity index (χ0) is 11.4. The van der Waals surface area contributed by atoms with Gasteiger partial charge in [-0.25, -0.2) is 0 Å². The van der Waals surface area contributed by atoms with Gasteiger partial charge in [0, 0.05) is 29.7 Å². The Morgan fingerprint density at radius 2 is 2.44 bits per heavy atom. The highest BCUT2D eigenvalue weighted by Gasteiger charge is 2.23. The summed E-state index contributed by atoms with van der Waals surface area (Å²) in [5.41, 5.74) is 1.28. The fraction of sp³-hybridized carbons (Fsp3) is 0.615. The molecule has 1 N–H and O–H groups in total. The van der Waals surface area contributed by atoms with E-state index in [0.717, 1.165) is 5.25 Å². The molecular formula is C13H20N2S. The Morgan fingerprint density at radius 1 is 1.56 bits per heavy atom. The summed E-state index contributed by atoms with van der Waals surface area (Å²) in [6, 6.07) is 5.20. The van der Waals surface area contributed by atoms with Crippen molar-refractivity contribution in [1.82, 2.24) is 10.3 Å². The fourth-order valence-electron chi connectivity index (χ4n) is 2.19. The minimum absolute atomic E-state index is 0.403. The van der Waals surface area contributed by atoms with E-state index < -0.39 is 0 Å². The molecule has 0 aliphatic carbocycles. The standard InChI is InChI=1S/C13H20N2S/c1-10(12-5-3-7-14-9-12)15-13-6-4-8-16-11(13)2/h3,5,7,9-11,13,15H,4,6,8H2,1-2H3/t10-,11?,13?/m0/s1. The van der Waals surface area contributed by atoms with Crippen molar-refractivity contribution in [3.8, 4) is 0 Å². The second-order valence-electron chi connectivity index (χ2n) is 4.50. The third-order valence-electron chi connectivity index (χ3n) is 3.26. The molecule has 0 amide bonds. The molecule has 1 saturated heterocycles. The third-order valence-corrected chi connectivity index (χ3v) is 4.63. The molecule has 0 aromatic carbocycles. The zero-order valence-corrected chi connectivity index (χ0v) is 10.8. The Bertz CT molecular complexity index is 315. The Kier molecular flexibility index (Phi) is 4.24. The van der Waals surface area contributed by atoms with Crippen LogP contribution < -0.4 is 5.32 Å². The van der Waals surface area contributed by atoms with Crippen LogP contribution in [0.25, 0.3) is 0 Å². The summed E-state index contributed by atoms with van der Waals surface area (Å²) in [7, 11) is 0. The summed E-state index contributed by atoms with van der Waals surface area (Å²) >= 11 is 2.09. The summed E-state index contributed by atoms with van der Waals surface area (Å²) in [4.78, 5) is 4.17. The number of nitrogens with one attached hydrogen (secondary N) is 1. The molecule has 0 spiro atoms. The van der Waals surface area contributed by atoms with E-state index in [4.69, 9.17) is 0 Å². The number of rotatable bonds is 3. The van der Waals surface area contributed by atoms with Gasteiger partial charge in [-0.05, 0) is 37.1 Å². The van der Waals surface area contributed by atoms with Crippen LogP contribution in [0.4, 0.5) is 0 Å². The van der Waals surface area contributed by atoms with Crippen LogP contribution >= 0.6 is 11.8 Å². The van der Waals surface area contributed by atoms with E-state index in [-0.39, 0.29) is 0 Å². The second-order valence-corrected chi connectivity index (χ2v) is 5.98. The highest BCUT2D eigenvalue weighted by molar-refractivity contribution is 7.99. The number of pyridine rings is 1. The van der Waals surface area contributed by atoms with Crippen molar-refractivity contribution in [3.63, 3.8) is 0 Å². The Hall–Kier alpha value is -0.540. The molecule has 2 unspecified atom stereocenters. The van der Waals surface area contributed by atoms with Gasteiger partial charge in [0.2, 0.25) is 0 Å². The quantitative estimate of drug-likeness (QED) is 0.873. The number of nitrogens with zero attached hydrogens (tertiary/aromatic N) is 1. The lowest BCUT2D eigenvalue weighted by molar-refractivity contribution is 0.417.